The van der Waals surface area contributed by atoms with Crippen LogP contribution in [0.5, 0.6) is 5.75 Å². The molecule has 2 aromatic heterocycles. The molecule has 0 fully saturated rings. The Morgan fingerprint density at radius 2 is 1.96 bits per heavy atom. The zero-order valence-corrected chi connectivity index (χ0v) is 14.2. The highest BCUT2D eigenvalue weighted by molar-refractivity contribution is 5.86. The van der Waals surface area contributed by atoms with E-state index in [0.717, 1.165) is 17.4 Å². The Labute approximate surface area is 144 Å². The molecule has 0 spiro atoms. The average molecular weight is 342 g/mol. The van der Waals surface area contributed by atoms with Crippen molar-refractivity contribution in [3.05, 3.63) is 63.9 Å². The van der Waals surface area contributed by atoms with Gasteiger partial charge in [-0.25, -0.2) is 9.59 Å². The zero-order chi connectivity index (χ0) is 18.0. The Morgan fingerprint density at radius 3 is 2.68 bits per heavy atom. The van der Waals surface area contributed by atoms with Crippen LogP contribution in [-0.2, 0) is 11.2 Å². The minimum Gasteiger partial charge on any atom is -0.483 e. The van der Waals surface area contributed by atoms with Crippen LogP contribution in [0.25, 0.3) is 11.0 Å². The fourth-order valence-corrected chi connectivity index (χ4v) is 2.62. The van der Waals surface area contributed by atoms with E-state index in [-0.39, 0.29) is 11.4 Å². The van der Waals surface area contributed by atoms with Gasteiger partial charge in [-0.3, -0.25) is 0 Å². The monoisotopic (exact) mass is 342 g/mol. The van der Waals surface area contributed by atoms with Crippen LogP contribution in [0.4, 0.5) is 0 Å². The van der Waals surface area contributed by atoms with Gasteiger partial charge in [0.2, 0.25) is 5.76 Å². The number of carbonyl (C=O) groups is 1. The van der Waals surface area contributed by atoms with Crippen LogP contribution < -0.4 is 10.4 Å². The number of benzene rings is 1. The molecular weight excluding hydrogens is 324 g/mol. The normalized spacial score (nSPS) is 12.1. The van der Waals surface area contributed by atoms with Gasteiger partial charge < -0.3 is 18.3 Å². The Hall–Kier alpha value is -3.02. The molecule has 0 radical (unpaired) electrons. The second kappa shape index (κ2) is 6.84. The van der Waals surface area contributed by atoms with E-state index in [1.807, 2.05) is 19.1 Å². The summed E-state index contributed by atoms with van der Waals surface area (Å²) in [6, 6.07) is 10.0. The van der Waals surface area contributed by atoms with E-state index in [9.17, 15) is 9.59 Å². The minimum atomic E-state index is -0.543. The predicted molar refractivity (Wildman–Crippen MR) is 91.0 cm³/mol. The highest BCUT2D eigenvalue weighted by Crippen LogP contribution is 2.27. The van der Waals surface area contributed by atoms with Crippen molar-refractivity contribution in [1.29, 1.82) is 0 Å². The summed E-state index contributed by atoms with van der Waals surface area (Å²) in [6.45, 7) is 3.78. The van der Waals surface area contributed by atoms with Crippen LogP contribution in [-0.4, -0.2) is 13.1 Å². The van der Waals surface area contributed by atoms with Crippen molar-refractivity contribution in [2.45, 2.75) is 26.4 Å². The summed E-state index contributed by atoms with van der Waals surface area (Å²) < 4.78 is 21.2. The summed E-state index contributed by atoms with van der Waals surface area (Å²) in [7, 11) is 1.29. The van der Waals surface area contributed by atoms with E-state index in [2.05, 4.69) is 4.74 Å². The van der Waals surface area contributed by atoms with Gasteiger partial charge in [0.05, 0.1) is 7.11 Å². The Morgan fingerprint density at radius 1 is 1.16 bits per heavy atom. The number of ether oxygens (including phenoxy) is 2. The minimum absolute atomic E-state index is 0.116. The molecule has 0 bridgehead atoms. The van der Waals surface area contributed by atoms with Crippen LogP contribution in [0.15, 0.2) is 50.0 Å². The Kier molecular flexibility index (Phi) is 4.61. The van der Waals surface area contributed by atoms with Crippen molar-refractivity contribution in [3.63, 3.8) is 0 Å². The molecule has 6 heteroatoms. The second-order valence-corrected chi connectivity index (χ2v) is 5.56. The first kappa shape index (κ1) is 16.8. The SMILES string of the molecule is CCc1cc(=O)oc2cc(O[C@H](C)c3ccc(C(=O)OC)o3)ccc12. The molecule has 130 valence electrons. The molecule has 6 nitrogen and oxygen atoms in total. The summed E-state index contributed by atoms with van der Waals surface area (Å²) in [4.78, 5) is 23.1. The third kappa shape index (κ3) is 3.42. The van der Waals surface area contributed by atoms with Gasteiger partial charge >= 0.3 is 11.6 Å². The van der Waals surface area contributed by atoms with Gasteiger partial charge in [0.1, 0.15) is 17.1 Å². The first-order valence-corrected chi connectivity index (χ1v) is 7.93. The number of furan rings is 1. The first-order valence-electron chi connectivity index (χ1n) is 7.93. The molecule has 0 amide bonds. The van der Waals surface area contributed by atoms with Gasteiger partial charge in [-0.05, 0) is 43.2 Å². The number of methoxy groups -OCH3 is 1. The van der Waals surface area contributed by atoms with E-state index < -0.39 is 12.1 Å². The van der Waals surface area contributed by atoms with Gasteiger partial charge in [0.25, 0.3) is 0 Å². The molecule has 3 rings (SSSR count). The molecule has 0 saturated heterocycles. The standard InChI is InChI=1S/C19H18O6/c1-4-12-9-18(20)25-17-10-13(5-6-14(12)17)23-11(2)15-7-8-16(24-15)19(21)22-3/h5-11H,4H2,1-3H3/t11-/m1/s1. The topological polar surface area (TPSA) is 78.9 Å². The van der Waals surface area contributed by atoms with Crippen molar-refractivity contribution >= 4 is 16.9 Å². The van der Waals surface area contributed by atoms with Crippen molar-refractivity contribution in [2.75, 3.05) is 7.11 Å². The Balaban J connectivity index is 1.86. The first-order chi connectivity index (χ1) is 12.0. The molecule has 2 heterocycles. The van der Waals surface area contributed by atoms with Gasteiger partial charge in [0, 0.05) is 17.5 Å². The average Bonchev–Trinajstić information content (AvgIpc) is 3.10. The molecule has 0 aliphatic carbocycles. The zero-order valence-electron chi connectivity index (χ0n) is 14.2. The van der Waals surface area contributed by atoms with Gasteiger partial charge in [-0.1, -0.05) is 6.92 Å². The summed E-state index contributed by atoms with van der Waals surface area (Å²) in [5, 5.41) is 0.882. The number of carbonyl (C=O) groups excluding carboxylic acids is 1. The number of hydrogen-bond acceptors (Lipinski definition) is 6. The van der Waals surface area contributed by atoms with E-state index >= 15 is 0 Å². The number of fused-ring (bicyclic) bond motifs is 1. The third-order valence-electron chi connectivity index (χ3n) is 3.91. The van der Waals surface area contributed by atoms with Crippen LogP contribution >= 0.6 is 0 Å². The lowest BCUT2D eigenvalue weighted by Crippen LogP contribution is -2.04. The number of rotatable bonds is 5. The lowest BCUT2D eigenvalue weighted by Gasteiger charge is -2.13. The quantitative estimate of drug-likeness (QED) is 0.517. The Bertz CT molecular complexity index is 965. The summed E-state index contributed by atoms with van der Waals surface area (Å²) in [5.41, 5.74) is 1.02. The summed E-state index contributed by atoms with van der Waals surface area (Å²) >= 11 is 0. The number of hydrogen-bond donors (Lipinski definition) is 0. The van der Waals surface area contributed by atoms with Crippen LogP contribution in [0.3, 0.4) is 0 Å². The fourth-order valence-electron chi connectivity index (χ4n) is 2.62. The highest BCUT2D eigenvalue weighted by atomic mass is 16.5. The molecule has 3 aromatic rings. The van der Waals surface area contributed by atoms with Crippen LogP contribution in [0.2, 0.25) is 0 Å². The molecule has 0 aliphatic heterocycles. The van der Waals surface area contributed by atoms with Gasteiger partial charge in [-0.15, -0.1) is 0 Å². The predicted octanol–water partition coefficient (Wildman–Crippen LogP) is 3.88. The van der Waals surface area contributed by atoms with Gasteiger partial charge in [0.15, 0.2) is 6.10 Å². The summed E-state index contributed by atoms with van der Waals surface area (Å²) in [6.07, 6.45) is 0.304. The lowest BCUT2D eigenvalue weighted by atomic mass is 10.1. The molecular formula is C19H18O6. The van der Waals surface area contributed by atoms with Crippen molar-refractivity contribution in [3.8, 4) is 5.75 Å². The molecule has 1 aromatic carbocycles. The van der Waals surface area contributed by atoms with E-state index in [0.29, 0.717) is 17.1 Å². The van der Waals surface area contributed by atoms with Crippen LogP contribution in [0.1, 0.15) is 41.8 Å². The maximum Gasteiger partial charge on any atom is 0.373 e. The molecule has 1 atom stereocenters. The van der Waals surface area contributed by atoms with Gasteiger partial charge in [-0.2, -0.15) is 0 Å². The van der Waals surface area contributed by atoms with Crippen molar-refractivity contribution < 1.29 is 23.1 Å². The number of esters is 1. The highest BCUT2D eigenvalue weighted by Gasteiger charge is 2.17. The van der Waals surface area contributed by atoms with E-state index in [1.54, 1.807) is 19.1 Å². The fraction of sp³-hybridized carbons (Fsp3) is 0.263. The number of aryl methyl sites for hydroxylation is 1. The smallest absolute Gasteiger partial charge is 0.373 e. The van der Waals surface area contributed by atoms with Crippen LogP contribution in [0, 0.1) is 0 Å². The van der Waals surface area contributed by atoms with Crippen molar-refractivity contribution in [1.82, 2.24) is 0 Å². The summed E-state index contributed by atoms with van der Waals surface area (Å²) in [5.74, 6) is 0.597. The maximum absolute atomic E-state index is 11.6. The van der Waals surface area contributed by atoms with E-state index in [1.165, 1.54) is 19.2 Å². The third-order valence-corrected chi connectivity index (χ3v) is 3.91. The molecule has 25 heavy (non-hydrogen) atoms. The molecule has 0 saturated carbocycles. The van der Waals surface area contributed by atoms with Crippen molar-refractivity contribution in [2.24, 2.45) is 0 Å². The van der Waals surface area contributed by atoms with E-state index in [4.69, 9.17) is 13.6 Å². The maximum atomic E-state index is 11.6. The lowest BCUT2D eigenvalue weighted by molar-refractivity contribution is 0.0558. The second-order valence-electron chi connectivity index (χ2n) is 5.56. The molecule has 0 N–H and O–H groups in total. The molecule has 0 aliphatic rings. The molecule has 0 unspecified atom stereocenters. The largest absolute Gasteiger partial charge is 0.483 e.